The van der Waals surface area contributed by atoms with Crippen LogP contribution < -0.4 is 9.04 Å². The Morgan fingerprint density at radius 3 is 2.36 bits per heavy atom. The predicted octanol–water partition coefficient (Wildman–Crippen LogP) is 2.19. The fourth-order valence-electron chi connectivity index (χ4n) is 1.78. The molecule has 0 radical (unpaired) electrons. The Hall–Kier alpha value is -1.76. The molecule has 0 fully saturated rings. The van der Waals surface area contributed by atoms with Crippen molar-refractivity contribution in [3.63, 3.8) is 0 Å². The van der Waals surface area contributed by atoms with Crippen LogP contribution in [0.5, 0.6) is 5.75 Å². The molecule has 1 aromatic rings. The standard InChI is InChI=1S/C15H23NO5S/c1-5-6-11-22(18,19)16(3)13-7-9-14(10-8-13)21-12(2)15(17)20-4/h7-10,12H,5-6,11H2,1-4H3. The number of unbranched alkanes of at least 4 members (excludes halogenated alkanes) is 1. The Morgan fingerprint density at radius 2 is 1.86 bits per heavy atom. The van der Waals surface area contributed by atoms with E-state index in [4.69, 9.17) is 4.74 Å². The zero-order valence-electron chi connectivity index (χ0n) is 13.4. The highest BCUT2D eigenvalue weighted by Crippen LogP contribution is 2.22. The lowest BCUT2D eigenvalue weighted by molar-refractivity contribution is -0.147. The van der Waals surface area contributed by atoms with E-state index in [0.717, 1.165) is 6.42 Å². The number of anilines is 1. The first-order chi connectivity index (χ1) is 10.3. The maximum Gasteiger partial charge on any atom is 0.346 e. The molecular weight excluding hydrogens is 306 g/mol. The number of hydrogen-bond acceptors (Lipinski definition) is 5. The molecule has 0 aliphatic rings. The maximum absolute atomic E-state index is 12.1. The van der Waals surface area contributed by atoms with Gasteiger partial charge in [-0.05, 0) is 37.6 Å². The summed E-state index contributed by atoms with van der Waals surface area (Å²) in [6, 6.07) is 6.53. The van der Waals surface area contributed by atoms with E-state index in [-0.39, 0.29) is 5.75 Å². The van der Waals surface area contributed by atoms with Gasteiger partial charge in [0, 0.05) is 7.05 Å². The van der Waals surface area contributed by atoms with Gasteiger partial charge in [0.2, 0.25) is 10.0 Å². The zero-order chi connectivity index (χ0) is 16.8. The number of methoxy groups -OCH3 is 1. The number of carbonyl (C=O) groups is 1. The number of ether oxygens (including phenoxy) is 2. The first-order valence-electron chi connectivity index (χ1n) is 7.13. The molecule has 0 amide bonds. The smallest absolute Gasteiger partial charge is 0.346 e. The first-order valence-corrected chi connectivity index (χ1v) is 8.74. The lowest BCUT2D eigenvalue weighted by atomic mass is 10.3. The van der Waals surface area contributed by atoms with Crippen molar-refractivity contribution in [3.8, 4) is 5.75 Å². The minimum absolute atomic E-state index is 0.123. The van der Waals surface area contributed by atoms with E-state index >= 15 is 0 Å². The van der Waals surface area contributed by atoms with Gasteiger partial charge in [0.15, 0.2) is 6.10 Å². The molecule has 0 saturated carbocycles. The van der Waals surface area contributed by atoms with Crippen molar-refractivity contribution in [3.05, 3.63) is 24.3 Å². The van der Waals surface area contributed by atoms with E-state index in [1.165, 1.54) is 18.5 Å². The van der Waals surface area contributed by atoms with Crippen molar-refractivity contribution in [2.45, 2.75) is 32.8 Å². The number of nitrogens with zero attached hydrogens (tertiary/aromatic N) is 1. The van der Waals surface area contributed by atoms with E-state index < -0.39 is 22.1 Å². The number of benzene rings is 1. The number of rotatable bonds is 8. The van der Waals surface area contributed by atoms with Gasteiger partial charge >= 0.3 is 5.97 Å². The van der Waals surface area contributed by atoms with E-state index in [9.17, 15) is 13.2 Å². The number of hydrogen-bond donors (Lipinski definition) is 0. The third-order valence-electron chi connectivity index (χ3n) is 3.22. The molecule has 22 heavy (non-hydrogen) atoms. The van der Waals surface area contributed by atoms with Gasteiger partial charge in [0.25, 0.3) is 0 Å². The van der Waals surface area contributed by atoms with Crippen LogP contribution in [0.25, 0.3) is 0 Å². The van der Waals surface area contributed by atoms with Crippen molar-refractivity contribution in [1.82, 2.24) is 0 Å². The maximum atomic E-state index is 12.1. The first kappa shape index (κ1) is 18.3. The van der Waals surface area contributed by atoms with Gasteiger partial charge in [-0.2, -0.15) is 0 Å². The number of carbonyl (C=O) groups excluding carboxylic acids is 1. The lowest BCUT2D eigenvalue weighted by Crippen LogP contribution is -2.29. The molecule has 0 aliphatic heterocycles. The van der Waals surface area contributed by atoms with E-state index in [0.29, 0.717) is 17.9 Å². The summed E-state index contributed by atoms with van der Waals surface area (Å²) in [5.74, 6) is 0.127. The fraction of sp³-hybridized carbons (Fsp3) is 0.533. The van der Waals surface area contributed by atoms with Crippen molar-refractivity contribution in [2.75, 3.05) is 24.2 Å². The van der Waals surface area contributed by atoms with Crippen molar-refractivity contribution in [2.24, 2.45) is 0 Å². The van der Waals surface area contributed by atoms with Crippen molar-refractivity contribution < 1.29 is 22.7 Å². The highest BCUT2D eigenvalue weighted by atomic mass is 32.2. The van der Waals surface area contributed by atoms with Crippen molar-refractivity contribution in [1.29, 1.82) is 0 Å². The Morgan fingerprint density at radius 1 is 1.27 bits per heavy atom. The monoisotopic (exact) mass is 329 g/mol. The van der Waals surface area contributed by atoms with E-state index in [1.54, 1.807) is 31.2 Å². The van der Waals surface area contributed by atoms with Gasteiger partial charge in [0.1, 0.15) is 5.75 Å². The Labute approximate surface area is 132 Å². The van der Waals surface area contributed by atoms with Crippen LogP contribution in [0.15, 0.2) is 24.3 Å². The van der Waals surface area contributed by atoms with Crippen LogP contribution >= 0.6 is 0 Å². The molecule has 1 rings (SSSR count). The van der Waals surface area contributed by atoms with Gasteiger partial charge < -0.3 is 9.47 Å². The summed E-state index contributed by atoms with van der Waals surface area (Å²) in [6.45, 7) is 3.53. The van der Waals surface area contributed by atoms with Gasteiger partial charge in [-0.1, -0.05) is 13.3 Å². The van der Waals surface area contributed by atoms with Crippen LogP contribution in [0, 0.1) is 0 Å². The zero-order valence-corrected chi connectivity index (χ0v) is 14.2. The van der Waals surface area contributed by atoms with Crippen LogP contribution in [0.3, 0.4) is 0 Å². The summed E-state index contributed by atoms with van der Waals surface area (Å²) in [4.78, 5) is 11.3. The summed E-state index contributed by atoms with van der Waals surface area (Å²) in [5.41, 5.74) is 0.550. The number of esters is 1. The highest BCUT2D eigenvalue weighted by molar-refractivity contribution is 7.92. The molecule has 7 heteroatoms. The molecule has 0 bridgehead atoms. The molecule has 1 aromatic carbocycles. The van der Waals surface area contributed by atoms with Crippen molar-refractivity contribution >= 4 is 21.7 Å². The van der Waals surface area contributed by atoms with Crippen LogP contribution in [-0.2, 0) is 19.6 Å². The third kappa shape index (κ3) is 4.91. The average Bonchev–Trinajstić information content (AvgIpc) is 2.52. The Bertz CT molecular complexity index is 582. The van der Waals surface area contributed by atoms with Crippen LogP contribution in [0.1, 0.15) is 26.7 Å². The van der Waals surface area contributed by atoms with Gasteiger partial charge in [-0.25, -0.2) is 13.2 Å². The van der Waals surface area contributed by atoms with E-state index in [1.807, 2.05) is 6.92 Å². The van der Waals surface area contributed by atoms with Gasteiger partial charge in [-0.15, -0.1) is 0 Å². The predicted molar refractivity (Wildman–Crippen MR) is 85.6 cm³/mol. The molecule has 1 unspecified atom stereocenters. The second-order valence-corrected chi connectivity index (χ2v) is 7.03. The molecule has 0 saturated heterocycles. The largest absolute Gasteiger partial charge is 0.479 e. The minimum atomic E-state index is -3.31. The lowest BCUT2D eigenvalue weighted by Gasteiger charge is -2.20. The van der Waals surface area contributed by atoms with Gasteiger partial charge in [-0.3, -0.25) is 4.31 Å². The molecular formula is C15H23NO5S. The molecule has 0 heterocycles. The molecule has 6 nitrogen and oxygen atoms in total. The molecule has 0 aromatic heterocycles. The van der Waals surface area contributed by atoms with E-state index in [2.05, 4.69) is 4.74 Å². The van der Waals surface area contributed by atoms with Crippen LogP contribution in [-0.4, -0.2) is 40.4 Å². The topological polar surface area (TPSA) is 72.9 Å². The SMILES string of the molecule is CCCCS(=O)(=O)N(C)c1ccc(OC(C)C(=O)OC)cc1. The number of sulfonamides is 1. The fourth-order valence-corrected chi connectivity index (χ4v) is 3.15. The molecule has 1 atom stereocenters. The molecule has 0 N–H and O–H groups in total. The second kappa shape index (κ2) is 8.03. The summed E-state index contributed by atoms with van der Waals surface area (Å²) in [6.07, 6.45) is 0.734. The average molecular weight is 329 g/mol. The molecule has 124 valence electrons. The summed E-state index contributed by atoms with van der Waals surface area (Å²) in [7, 11) is -0.492. The third-order valence-corrected chi connectivity index (χ3v) is 5.07. The molecule has 0 spiro atoms. The Balaban J connectivity index is 2.78. The molecule has 0 aliphatic carbocycles. The van der Waals surface area contributed by atoms with Crippen LogP contribution in [0.4, 0.5) is 5.69 Å². The normalized spacial score (nSPS) is 12.5. The highest BCUT2D eigenvalue weighted by Gasteiger charge is 2.18. The van der Waals surface area contributed by atoms with Gasteiger partial charge in [0.05, 0.1) is 18.6 Å². The van der Waals surface area contributed by atoms with Crippen LogP contribution in [0.2, 0.25) is 0 Å². The summed E-state index contributed by atoms with van der Waals surface area (Å²) in [5, 5.41) is 0. The quantitative estimate of drug-likeness (QED) is 0.684. The summed E-state index contributed by atoms with van der Waals surface area (Å²) < 4.78 is 35.5. The second-order valence-electron chi connectivity index (χ2n) is 4.91. The summed E-state index contributed by atoms with van der Waals surface area (Å²) >= 11 is 0. The minimum Gasteiger partial charge on any atom is -0.479 e. The Kier molecular flexibility index (Phi) is 6.67.